The van der Waals surface area contributed by atoms with E-state index in [0.717, 1.165) is 26.8 Å². The molecule has 0 N–H and O–H groups in total. The summed E-state index contributed by atoms with van der Waals surface area (Å²) in [4.78, 5) is 0. The van der Waals surface area contributed by atoms with E-state index in [1.807, 2.05) is 30.3 Å². The number of hydrogen-bond acceptors (Lipinski definition) is 3. The van der Waals surface area contributed by atoms with E-state index in [4.69, 9.17) is 14.0 Å². The molecule has 25 heavy (non-hydrogen) atoms. The molecule has 3 rings (SSSR count). The zero-order chi connectivity index (χ0) is 18.2. The molecule has 3 nitrogen and oxygen atoms in total. The Morgan fingerprint density at radius 2 is 1.64 bits per heavy atom. The van der Waals surface area contributed by atoms with Crippen molar-refractivity contribution in [2.75, 3.05) is 0 Å². The summed E-state index contributed by atoms with van der Waals surface area (Å²) in [6, 6.07) is 14.2. The summed E-state index contributed by atoms with van der Waals surface area (Å²) in [7, 11) is -0.384. The molecule has 1 aliphatic rings. The first kappa shape index (κ1) is 18.5. The van der Waals surface area contributed by atoms with Gasteiger partial charge < -0.3 is 14.0 Å². The lowest BCUT2D eigenvalue weighted by Crippen LogP contribution is -2.41. The van der Waals surface area contributed by atoms with Crippen molar-refractivity contribution < 1.29 is 14.0 Å². The van der Waals surface area contributed by atoms with Crippen molar-refractivity contribution in [2.45, 2.75) is 52.4 Å². The molecule has 2 aromatic carbocycles. The van der Waals surface area contributed by atoms with Crippen LogP contribution in [0.4, 0.5) is 0 Å². The molecule has 0 unspecified atom stereocenters. The highest BCUT2D eigenvalue weighted by atomic mass is 79.9. The maximum absolute atomic E-state index is 6.20. The predicted molar refractivity (Wildman–Crippen MR) is 105 cm³/mol. The van der Waals surface area contributed by atoms with E-state index in [0.29, 0.717) is 6.61 Å². The van der Waals surface area contributed by atoms with Crippen LogP contribution in [-0.4, -0.2) is 18.3 Å². The molecule has 0 bridgehead atoms. The van der Waals surface area contributed by atoms with Crippen molar-refractivity contribution in [1.82, 2.24) is 0 Å². The van der Waals surface area contributed by atoms with E-state index in [-0.39, 0.29) is 18.3 Å². The third kappa shape index (κ3) is 3.79. The Kier molecular flexibility index (Phi) is 5.02. The van der Waals surface area contributed by atoms with E-state index in [1.54, 1.807) is 0 Å². The zero-order valence-corrected chi connectivity index (χ0v) is 17.0. The first-order valence-corrected chi connectivity index (χ1v) is 9.31. The maximum atomic E-state index is 6.20. The van der Waals surface area contributed by atoms with E-state index >= 15 is 0 Å². The van der Waals surface area contributed by atoms with Crippen LogP contribution in [0.1, 0.15) is 38.8 Å². The summed E-state index contributed by atoms with van der Waals surface area (Å²) >= 11 is 3.54. The van der Waals surface area contributed by atoms with Crippen LogP contribution in [0.25, 0.3) is 0 Å². The number of halogens is 1. The Balaban J connectivity index is 1.82. The van der Waals surface area contributed by atoms with Crippen molar-refractivity contribution >= 4 is 28.5 Å². The second-order valence-electron chi connectivity index (χ2n) is 7.51. The standard InChI is InChI=1S/C20H24BBrO3/c1-14-10-11-17(22)18(12-14)23-13-15-8-6-7-9-16(15)21-24-19(2,3)20(4,5)25-21/h6-12H,13H2,1-5H3. The quantitative estimate of drug-likeness (QED) is 0.697. The fourth-order valence-electron chi connectivity index (χ4n) is 2.74. The van der Waals surface area contributed by atoms with Crippen LogP contribution in [0.2, 0.25) is 0 Å². The van der Waals surface area contributed by atoms with Gasteiger partial charge in [0.15, 0.2) is 0 Å². The molecule has 0 radical (unpaired) electrons. The van der Waals surface area contributed by atoms with Crippen molar-refractivity contribution in [1.29, 1.82) is 0 Å². The highest BCUT2D eigenvalue weighted by molar-refractivity contribution is 9.10. The fraction of sp³-hybridized carbons (Fsp3) is 0.400. The minimum atomic E-state index is -0.384. The number of rotatable bonds is 4. The van der Waals surface area contributed by atoms with E-state index in [1.165, 1.54) is 0 Å². The zero-order valence-electron chi connectivity index (χ0n) is 15.4. The number of hydrogen-bond donors (Lipinski definition) is 0. The van der Waals surface area contributed by atoms with Gasteiger partial charge in [0.25, 0.3) is 0 Å². The molecular formula is C20H24BBrO3. The first-order chi connectivity index (χ1) is 11.7. The van der Waals surface area contributed by atoms with Gasteiger partial charge in [0, 0.05) is 0 Å². The van der Waals surface area contributed by atoms with Crippen molar-refractivity contribution in [3.05, 3.63) is 58.1 Å². The molecule has 1 aliphatic heterocycles. The predicted octanol–water partition coefficient (Wildman–Crippen LogP) is 4.64. The van der Waals surface area contributed by atoms with E-state index < -0.39 is 0 Å². The molecule has 0 aliphatic carbocycles. The summed E-state index contributed by atoms with van der Waals surface area (Å²) in [6.07, 6.45) is 0. The van der Waals surface area contributed by atoms with Gasteiger partial charge in [0.2, 0.25) is 0 Å². The molecule has 0 saturated carbocycles. The topological polar surface area (TPSA) is 27.7 Å². The lowest BCUT2D eigenvalue weighted by molar-refractivity contribution is 0.00578. The molecule has 2 aromatic rings. The van der Waals surface area contributed by atoms with Crippen LogP contribution >= 0.6 is 15.9 Å². The maximum Gasteiger partial charge on any atom is 0.495 e. The van der Waals surface area contributed by atoms with Gasteiger partial charge in [-0.3, -0.25) is 0 Å². The fourth-order valence-corrected chi connectivity index (χ4v) is 3.10. The molecule has 132 valence electrons. The average Bonchev–Trinajstić information content (AvgIpc) is 2.76. The van der Waals surface area contributed by atoms with E-state index in [2.05, 4.69) is 62.7 Å². The van der Waals surface area contributed by atoms with Crippen LogP contribution in [0.3, 0.4) is 0 Å². The Morgan fingerprint density at radius 1 is 1.00 bits per heavy atom. The van der Waals surface area contributed by atoms with Crippen LogP contribution in [-0.2, 0) is 15.9 Å². The van der Waals surface area contributed by atoms with Gasteiger partial charge in [-0.1, -0.05) is 30.3 Å². The summed E-state index contributed by atoms with van der Waals surface area (Å²) in [5.74, 6) is 0.837. The minimum absolute atomic E-state index is 0.356. The van der Waals surface area contributed by atoms with Gasteiger partial charge in [-0.25, -0.2) is 0 Å². The van der Waals surface area contributed by atoms with Gasteiger partial charge in [-0.15, -0.1) is 0 Å². The molecule has 0 aromatic heterocycles. The summed E-state index contributed by atoms with van der Waals surface area (Å²) < 4.78 is 19.4. The number of ether oxygens (including phenoxy) is 1. The van der Waals surface area contributed by atoms with Gasteiger partial charge in [0.1, 0.15) is 12.4 Å². The summed E-state index contributed by atoms with van der Waals surface area (Å²) in [6.45, 7) is 10.8. The Hall–Kier alpha value is -1.30. The van der Waals surface area contributed by atoms with Crippen molar-refractivity contribution in [2.24, 2.45) is 0 Å². The van der Waals surface area contributed by atoms with Crippen molar-refractivity contribution in [3.63, 3.8) is 0 Å². The molecule has 1 heterocycles. The molecule has 5 heteroatoms. The monoisotopic (exact) mass is 402 g/mol. The molecule has 0 atom stereocenters. The Morgan fingerprint density at radius 3 is 2.32 bits per heavy atom. The molecule has 0 spiro atoms. The van der Waals surface area contributed by atoms with Crippen LogP contribution in [0.5, 0.6) is 5.75 Å². The minimum Gasteiger partial charge on any atom is -0.488 e. The van der Waals surface area contributed by atoms with Crippen LogP contribution in [0, 0.1) is 6.92 Å². The highest BCUT2D eigenvalue weighted by Crippen LogP contribution is 2.36. The lowest BCUT2D eigenvalue weighted by atomic mass is 9.76. The van der Waals surface area contributed by atoms with Gasteiger partial charge in [0.05, 0.1) is 15.7 Å². The van der Waals surface area contributed by atoms with Crippen molar-refractivity contribution in [3.8, 4) is 5.75 Å². The van der Waals surface area contributed by atoms with Crippen LogP contribution in [0.15, 0.2) is 46.9 Å². The molecule has 0 amide bonds. The van der Waals surface area contributed by atoms with E-state index in [9.17, 15) is 0 Å². The van der Waals surface area contributed by atoms with Crippen LogP contribution < -0.4 is 10.2 Å². The van der Waals surface area contributed by atoms with Gasteiger partial charge in [-0.05, 0) is 79.3 Å². The summed E-state index contributed by atoms with van der Waals surface area (Å²) in [5.41, 5.74) is 2.54. The normalized spacial score (nSPS) is 18.4. The molecule has 1 fully saturated rings. The second-order valence-corrected chi connectivity index (χ2v) is 8.36. The largest absolute Gasteiger partial charge is 0.495 e. The van der Waals surface area contributed by atoms with Gasteiger partial charge >= 0.3 is 7.12 Å². The highest BCUT2D eigenvalue weighted by Gasteiger charge is 2.52. The SMILES string of the molecule is Cc1ccc(Br)c(OCc2ccccc2B2OC(C)(C)C(C)(C)O2)c1. The molecule has 1 saturated heterocycles. The lowest BCUT2D eigenvalue weighted by Gasteiger charge is -2.32. The first-order valence-electron chi connectivity index (χ1n) is 8.52. The number of aryl methyl sites for hydroxylation is 1. The molecular weight excluding hydrogens is 379 g/mol. The Labute approximate surface area is 159 Å². The van der Waals surface area contributed by atoms with Gasteiger partial charge in [-0.2, -0.15) is 0 Å². The second kappa shape index (κ2) is 6.78. The Bertz CT molecular complexity index is 757. The third-order valence-corrected chi connectivity index (χ3v) is 5.69. The third-order valence-electron chi connectivity index (χ3n) is 5.03. The number of benzene rings is 2. The average molecular weight is 403 g/mol. The smallest absolute Gasteiger partial charge is 0.488 e. The summed E-state index contributed by atoms with van der Waals surface area (Å²) in [5, 5.41) is 0.